The van der Waals surface area contributed by atoms with Gasteiger partial charge in [-0.15, -0.1) is 0 Å². The zero-order valence-electron chi connectivity index (χ0n) is 18.7. The standard InChI is InChI=1S/C21H41O9P/c1-2-3-4-5-6-7-8-9-10-11-12-13-14-21(25)28-16-20(24)18-30-31(26,27)29-17-19(23)15-22/h6-7,19-20,22-24H,2-5,8-18H2,1H3,(H,26,27)/b7-6-. The van der Waals surface area contributed by atoms with E-state index in [2.05, 4.69) is 28.1 Å². The van der Waals surface area contributed by atoms with Crippen LogP contribution in [0, 0.1) is 0 Å². The Labute approximate surface area is 186 Å². The van der Waals surface area contributed by atoms with Crippen LogP contribution >= 0.6 is 7.82 Å². The van der Waals surface area contributed by atoms with Gasteiger partial charge in [-0.1, -0.05) is 51.2 Å². The van der Waals surface area contributed by atoms with Crippen molar-refractivity contribution in [1.29, 1.82) is 0 Å². The Hall–Kier alpha value is -0.800. The summed E-state index contributed by atoms with van der Waals surface area (Å²) in [6, 6.07) is 0. The molecule has 0 aromatic carbocycles. The topological polar surface area (TPSA) is 143 Å². The summed E-state index contributed by atoms with van der Waals surface area (Å²) in [6.07, 6.45) is 13.2. The number of ether oxygens (including phenoxy) is 1. The third kappa shape index (κ3) is 20.8. The molecule has 9 nitrogen and oxygen atoms in total. The lowest BCUT2D eigenvalue weighted by molar-refractivity contribution is -0.147. The smallest absolute Gasteiger partial charge is 0.463 e. The number of phosphoric ester groups is 1. The van der Waals surface area contributed by atoms with E-state index in [1.807, 2.05) is 0 Å². The van der Waals surface area contributed by atoms with Gasteiger partial charge in [0.25, 0.3) is 0 Å². The van der Waals surface area contributed by atoms with Crippen molar-refractivity contribution in [1.82, 2.24) is 0 Å². The number of rotatable bonds is 21. The van der Waals surface area contributed by atoms with Crippen LogP contribution in [0.2, 0.25) is 0 Å². The second kappa shape index (κ2) is 19.9. The molecule has 0 rings (SSSR count). The number of carbonyl (C=O) groups excluding carboxylic acids is 1. The largest absolute Gasteiger partial charge is 0.472 e. The first-order valence-corrected chi connectivity index (χ1v) is 12.7. The summed E-state index contributed by atoms with van der Waals surface area (Å²) in [7, 11) is -4.48. The van der Waals surface area contributed by atoms with E-state index in [-0.39, 0.29) is 13.0 Å². The van der Waals surface area contributed by atoms with Crippen molar-refractivity contribution in [3.63, 3.8) is 0 Å². The van der Waals surface area contributed by atoms with Crippen molar-refractivity contribution in [3.8, 4) is 0 Å². The molecule has 0 saturated carbocycles. The number of carbonyl (C=O) groups is 1. The zero-order valence-corrected chi connectivity index (χ0v) is 19.6. The lowest BCUT2D eigenvalue weighted by Crippen LogP contribution is -2.24. The molecule has 0 radical (unpaired) electrons. The maximum absolute atomic E-state index is 11.7. The van der Waals surface area contributed by atoms with E-state index in [1.165, 1.54) is 25.7 Å². The number of aliphatic hydroxyl groups excluding tert-OH is 3. The predicted octanol–water partition coefficient (Wildman–Crippen LogP) is 3.24. The average Bonchev–Trinajstić information content (AvgIpc) is 2.75. The van der Waals surface area contributed by atoms with Gasteiger partial charge in [-0.05, 0) is 32.1 Å². The van der Waals surface area contributed by atoms with Crippen molar-refractivity contribution in [3.05, 3.63) is 12.2 Å². The van der Waals surface area contributed by atoms with Gasteiger partial charge in [0.2, 0.25) is 0 Å². The fourth-order valence-electron chi connectivity index (χ4n) is 2.57. The molecule has 10 heteroatoms. The molecular formula is C21H41O9P. The molecule has 0 aliphatic heterocycles. The van der Waals surface area contributed by atoms with Crippen LogP contribution in [-0.4, -0.2) is 64.8 Å². The van der Waals surface area contributed by atoms with Gasteiger partial charge in [0.1, 0.15) is 18.8 Å². The van der Waals surface area contributed by atoms with E-state index in [0.717, 1.165) is 32.1 Å². The predicted molar refractivity (Wildman–Crippen MR) is 117 cm³/mol. The first kappa shape index (κ1) is 30.2. The lowest BCUT2D eigenvalue weighted by Gasteiger charge is -2.16. The third-order valence-corrected chi connectivity index (χ3v) is 5.35. The maximum atomic E-state index is 11.7. The summed E-state index contributed by atoms with van der Waals surface area (Å²) >= 11 is 0. The van der Waals surface area contributed by atoms with Crippen molar-refractivity contribution >= 4 is 13.8 Å². The number of allylic oxidation sites excluding steroid dienone is 2. The Morgan fingerprint density at radius 2 is 1.42 bits per heavy atom. The van der Waals surface area contributed by atoms with E-state index in [1.54, 1.807) is 0 Å². The zero-order chi connectivity index (χ0) is 23.4. The second-order valence-electron chi connectivity index (χ2n) is 7.51. The van der Waals surface area contributed by atoms with Gasteiger partial charge >= 0.3 is 13.8 Å². The molecule has 3 unspecified atom stereocenters. The number of esters is 1. The summed E-state index contributed by atoms with van der Waals surface area (Å²) in [5.41, 5.74) is 0. The van der Waals surface area contributed by atoms with Crippen LogP contribution in [0.15, 0.2) is 12.2 Å². The van der Waals surface area contributed by atoms with E-state index in [9.17, 15) is 19.4 Å². The highest BCUT2D eigenvalue weighted by molar-refractivity contribution is 7.47. The lowest BCUT2D eigenvalue weighted by atomic mass is 10.1. The van der Waals surface area contributed by atoms with Crippen LogP contribution in [0.25, 0.3) is 0 Å². The number of unbranched alkanes of at least 4 members (excludes halogenated alkanes) is 8. The number of phosphoric acid groups is 1. The van der Waals surface area contributed by atoms with Crippen LogP contribution in [0.5, 0.6) is 0 Å². The molecular weight excluding hydrogens is 427 g/mol. The van der Waals surface area contributed by atoms with Gasteiger partial charge in [0.05, 0.1) is 19.8 Å². The Bertz CT molecular complexity index is 513. The summed E-state index contributed by atoms with van der Waals surface area (Å²) in [4.78, 5) is 21.0. The van der Waals surface area contributed by atoms with E-state index in [0.29, 0.717) is 6.42 Å². The van der Waals surface area contributed by atoms with Crippen LogP contribution in [-0.2, 0) is 23.1 Å². The highest BCUT2D eigenvalue weighted by Crippen LogP contribution is 2.43. The monoisotopic (exact) mass is 468 g/mol. The molecule has 4 N–H and O–H groups in total. The van der Waals surface area contributed by atoms with Gasteiger partial charge in [-0.2, -0.15) is 0 Å². The molecule has 0 spiro atoms. The number of hydrogen-bond acceptors (Lipinski definition) is 8. The van der Waals surface area contributed by atoms with Crippen molar-refractivity contribution in [2.24, 2.45) is 0 Å². The fourth-order valence-corrected chi connectivity index (χ4v) is 3.37. The number of hydrogen-bond donors (Lipinski definition) is 4. The van der Waals surface area contributed by atoms with Crippen LogP contribution in [0.4, 0.5) is 0 Å². The molecule has 184 valence electrons. The SMILES string of the molecule is CCCCC/C=C\CCCCCCCC(=O)OCC(O)COP(=O)(O)OCC(O)CO. The summed E-state index contributed by atoms with van der Waals surface area (Å²) < 4.78 is 25.4. The van der Waals surface area contributed by atoms with Crippen molar-refractivity contribution in [2.75, 3.05) is 26.4 Å². The Morgan fingerprint density at radius 3 is 2.03 bits per heavy atom. The highest BCUT2D eigenvalue weighted by Gasteiger charge is 2.24. The van der Waals surface area contributed by atoms with Gasteiger partial charge in [0.15, 0.2) is 0 Å². The first-order chi connectivity index (χ1) is 14.8. The molecule has 31 heavy (non-hydrogen) atoms. The average molecular weight is 469 g/mol. The van der Waals surface area contributed by atoms with Gasteiger partial charge < -0.3 is 24.9 Å². The third-order valence-electron chi connectivity index (χ3n) is 4.40. The van der Waals surface area contributed by atoms with Crippen molar-refractivity contribution < 1.29 is 43.4 Å². The highest BCUT2D eigenvalue weighted by atomic mass is 31.2. The van der Waals surface area contributed by atoms with E-state index in [4.69, 9.17) is 14.9 Å². The Morgan fingerprint density at radius 1 is 0.871 bits per heavy atom. The van der Waals surface area contributed by atoms with Gasteiger partial charge in [-0.25, -0.2) is 4.57 Å². The van der Waals surface area contributed by atoms with Crippen molar-refractivity contribution in [2.45, 2.75) is 89.8 Å². The first-order valence-electron chi connectivity index (χ1n) is 11.2. The Balaban J connectivity index is 3.63. The minimum Gasteiger partial charge on any atom is -0.463 e. The summed E-state index contributed by atoms with van der Waals surface area (Å²) in [5.74, 6) is -0.441. The van der Waals surface area contributed by atoms with Gasteiger partial charge in [0, 0.05) is 6.42 Å². The van der Waals surface area contributed by atoms with Gasteiger partial charge in [-0.3, -0.25) is 13.8 Å². The van der Waals surface area contributed by atoms with Crippen LogP contribution in [0.3, 0.4) is 0 Å². The quantitative estimate of drug-likeness (QED) is 0.0864. The molecule has 0 saturated heterocycles. The van der Waals surface area contributed by atoms with Crippen LogP contribution < -0.4 is 0 Å². The van der Waals surface area contributed by atoms with Crippen LogP contribution in [0.1, 0.15) is 77.6 Å². The molecule has 0 aromatic heterocycles. The molecule has 0 bridgehead atoms. The minimum absolute atomic E-state index is 0.256. The van der Waals surface area contributed by atoms with E-state index >= 15 is 0 Å². The second-order valence-corrected chi connectivity index (χ2v) is 8.96. The minimum atomic E-state index is -4.48. The summed E-state index contributed by atoms with van der Waals surface area (Å²) in [6.45, 7) is 0.0415. The maximum Gasteiger partial charge on any atom is 0.472 e. The molecule has 0 aromatic rings. The molecule has 0 heterocycles. The fraction of sp³-hybridized carbons (Fsp3) is 0.857. The molecule has 0 amide bonds. The molecule has 0 fully saturated rings. The normalized spacial score (nSPS) is 15.6. The summed E-state index contributed by atoms with van der Waals surface area (Å²) in [5, 5.41) is 27.3. The molecule has 3 atom stereocenters. The Kier molecular flexibility index (Phi) is 19.3. The molecule has 0 aliphatic rings. The van der Waals surface area contributed by atoms with E-state index < -0.39 is 45.8 Å². The molecule has 0 aliphatic carbocycles. The number of aliphatic hydroxyl groups is 3.